The number of aliphatic carboxylic acids is 1. The zero-order valence-electron chi connectivity index (χ0n) is 12.4. The van der Waals surface area contributed by atoms with Gasteiger partial charge in [0.1, 0.15) is 11.8 Å². The average molecular weight is 294 g/mol. The van der Waals surface area contributed by atoms with Crippen LogP contribution >= 0.6 is 0 Å². The summed E-state index contributed by atoms with van der Waals surface area (Å²) in [6, 6.07) is 5.97. The van der Waals surface area contributed by atoms with Crippen LogP contribution in [0.2, 0.25) is 0 Å². The van der Waals surface area contributed by atoms with Crippen molar-refractivity contribution in [2.24, 2.45) is 0 Å². The average Bonchev–Trinajstić information content (AvgIpc) is 2.49. The SMILES string of the molecule is CCCCC(NC(=O)NCc1cccc(OC)c1)C(=O)O. The van der Waals surface area contributed by atoms with E-state index in [1.165, 1.54) is 0 Å². The van der Waals surface area contributed by atoms with E-state index in [0.29, 0.717) is 18.7 Å². The minimum absolute atomic E-state index is 0.309. The molecule has 0 bridgehead atoms. The molecular weight excluding hydrogens is 272 g/mol. The van der Waals surface area contributed by atoms with E-state index >= 15 is 0 Å². The molecule has 6 nitrogen and oxygen atoms in total. The van der Waals surface area contributed by atoms with E-state index in [2.05, 4.69) is 10.6 Å². The zero-order valence-corrected chi connectivity index (χ0v) is 12.4. The van der Waals surface area contributed by atoms with E-state index < -0.39 is 18.0 Å². The Bertz CT molecular complexity index is 476. The molecule has 0 aromatic heterocycles. The molecule has 0 aliphatic heterocycles. The van der Waals surface area contributed by atoms with Crippen LogP contribution in [0.3, 0.4) is 0 Å². The van der Waals surface area contributed by atoms with Crippen molar-refractivity contribution in [1.29, 1.82) is 0 Å². The van der Waals surface area contributed by atoms with Crippen molar-refractivity contribution < 1.29 is 19.4 Å². The van der Waals surface area contributed by atoms with Crippen molar-refractivity contribution in [3.63, 3.8) is 0 Å². The first-order valence-electron chi connectivity index (χ1n) is 6.97. The number of carboxylic acid groups (broad SMARTS) is 1. The van der Waals surface area contributed by atoms with Gasteiger partial charge in [0.2, 0.25) is 0 Å². The Labute approximate surface area is 124 Å². The highest BCUT2D eigenvalue weighted by Gasteiger charge is 2.18. The molecule has 116 valence electrons. The Kier molecular flexibility index (Phi) is 7.08. The fourth-order valence-corrected chi connectivity index (χ4v) is 1.84. The molecule has 1 atom stereocenters. The lowest BCUT2D eigenvalue weighted by atomic mass is 10.1. The predicted octanol–water partition coefficient (Wildman–Crippen LogP) is 2.14. The van der Waals surface area contributed by atoms with Crippen molar-refractivity contribution in [2.75, 3.05) is 7.11 Å². The molecule has 21 heavy (non-hydrogen) atoms. The zero-order chi connectivity index (χ0) is 15.7. The first-order valence-corrected chi connectivity index (χ1v) is 6.97. The van der Waals surface area contributed by atoms with Crippen molar-refractivity contribution in [1.82, 2.24) is 10.6 Å². The molecule has 0 saturated heterocycles. The summed E-state index contributed by atoms with van der Waals surface area (Å²) in [5.41, 5.74) is 0.880. The van der Waals surface area contributed by atoms with Crippen molar-refractivity contribution in [3.05, 3.63) is 29.8 Å². The molecule has 6 heteroatoms. The van der Waals surface area contributed by atoms with Crippen LogP contribution in [-0.2, 0) is 11.3 Å². The number of urea groups is 1. The molecule has 3 N–H and O–H groups in total. The minimum atomic E-state index is -1.01. The summed E-state index contributed by atoms with van der Waals surface area (Å²) >= 11 is 0. The van der Waals surface area contributed by atoms with Gasteiger partial charge in [-0.1, -0.05) is 31.9 Å². The summed E-state index contributed by atoms with van der Waals surface area (Å²) in [6.45, 7) is 2.28. The first kappa shape index (κ1) is 16.8. The van der Waals surface area contributed by atoms with Crippen LogP contribution in [0.5, 0.6) is 5.75 Å². The summed E-state index contributed by atoms with van der Waals surface area (Å²) in [5.74, 6) is -0.305. The molecule has 1 aromatic carbocycles. The highest BCUT2D eigenvalue weighted by molar-refractivity contribution is 5.82. The number of ether oxygens (including phenoxy) is 1. The number of carboxylic acids is 1. The number of carbonyl (C=O) groups excluding carboxylic acids is 1. The number of rotatable bonds is 8. The van der Waals surface area contributed by atoms with Crippen LogP contribution in [-0.4, -0.2) is 30.3 Å². The smallest absolute Gasteiger partial charge is 0.326 e. The normalized spacial score (nSPS) is 11.5. The van der Waals surface area contributed by atoms with Crippen molar-refractivity contribution in [2.45, 2.75) is 38.8 Å². The monoisotopic (exact) mass is 294 g/mol. The molecule has 1 aromatic rings. The van der Waals surface area contributed by atoms with Gasteiger partial charge in [0.05, 0.1) is 7.11 Å². The van der Waals surface area contributed by atoms with Gasteiger partial charge in [0, 0.05) is 6.54 Å². The third-order valence-corrected chi connectivity index (χ3v) is 3.04. The van der Waals surface area contributed by atoms with Gasteiger partial charge in [-0.25, -0.2) is 9.59 Å². The molecule has 0 spiro atoms. The third-order valence-electron chi connectivity index (χ3n) is 3.04. The lowest BCUT2D eigenvalue weighted by Crippen LogP contribution is -2.45. The molecule has 1 unspecified atom stereocenters. The Balaban J connectivity index is 2.46. The van der Waals surface area contributed by atoms with E-state index in [4.69, 9.17) is 9.84 Å². The number of unbranched alkanes of at least 4 members (excludes halogenated alkanes) is 1. The lowest BCUT2D eigenvalue weighted by molar-refractivity contribution is -0.139. The maximum Gasteiger partial charge on any atom is 0.326 e. The first-order chi connectivity index (χ1) is 10.1. The number of methoxy groups -OCH3 is 1. The van der Waals surface area contributed by atoms with Crippen LogP contribution in [0.15, 0.2) is 24.3 Å². The Hall–Kier alpha value is -2.24. The third kappa shape index (κ3) is 6.16. The van der Waals surface area contributed by atoms with Crippen LogP contribution in [0, 0.1) is 0 Å². The lowest BCUT2D eigenvalue weighted by Gasteiger charge is -2.15. The highest BCUT2D eigenvalue weighted by atomic mass is 16.5. The Morgan fingerprint density at radius 1 is 1.38 bits per heavy atom. The number of benzene rings is 1. The second-order valence-electron chi connectivity index (χ2n) is 4.71. The summed E-state index contributed by atoms with van der Waals surface area (Å²) in [5, 5.41) is 14.2. The second kappa shape index (κ2) is 8.84. The maximum atomic E-state index is 11.7. The number of hydrogen-bond donors (Lipinski definition) is 3. The van der Waals surface area contributed by atoms with E-state index in [-0.39, 0.29) is 0 Å². The van der Waals surface area contributed by atoms with Gasteiger partial charge in [-0.15, -0.1) is 0 Å². The largest absolute Gasteiger partial charge is 0.497 e. The van der Waals surface area contributed by atoms with Crippen LogP contribution in [0.25, 0.3) is 0 Å². The molecule has 1 rings (SSSR count). The van der Waals surface area contributed by atoms with Gasteiger partial charge in [0.15, 0.2) is 0 Å². The molecule has 0 heterocycles. The van der Waals surface area contributed by atoms with Gasteiger partial charge in [-0.2, -0.15) is 0 Å². The van der Waals surface area contributed by atoms with Gasteiger partial charge < -0.3 is 20.5 Å². The van der Waals surface area contributed by atoms with Gasteiger partial charge in [-0.3, -0.25) is 0 Å². The van der Waals surface area contributed by atoms with Crippen LogP contribution in [0.1, 0.15) is 31.7 Å². The van der Waals surface area contributed by atoms with Crippen LogP contribution < -0.4 is 15.4 Å². The fourth-order valence-electron chi connectivity index (χ4n) is 1.84. The minimum Gasteiger partial charge on any atom is -0.497 e. The van der Waals surface area contributed by atoms with E-state index in [1.807, 2.05) is 31.2 Å². The number of hydrogen-bond acceptors (Lipinski definition) is 3. The topological polar surface area (TPSA) is 87.7 Å². The fraction of sp³-hybridized carbons (Fsp3) is 0.467. The van der Waals surface area contributed by atoms with E-state index in [9.17, 15) is 9.59 Å². The predicted molar refractivity (Wildman–Crippen MR) is 79.3 cm³/mol. The summed E-state index contributed by atoms with van der Waals surface area (Å²) in [4.78, 5) is 22.8. The summed E-state index contributed by atoms with van der Waals surface area (Å²) in [7, 11) is 1.57. The standard InChI is InChI=1S/C15H22N2O4/c1-3-4-8-13(14(18)19)17-15(20)16-10-11-6-5-7-12(9-11)21-2/h5-7,9,13H,3-4,8,10H2,1-2H3,(H,18,19)(H2,16,17,20). The molecule has 0 fully saturated rings. The molecule has 0 radical (unpaired) electrons. The quantitative estimate of drug-likeness (QED) is 0.685. The summed E-state index contributed by atoms with van der Waals surface area (Å²) < 4.78 is 5.10. The number of nitrogens with one attached hydrogen (secondary N) is 2. The highest BCUT2D eigenvalue weighted by Crippen LogP contribution is 2.12. The Morgan fingerprint density at radius 2 is 2.14 bits per heavy atom. The molecular formula is C15H22N2O4. The summed E-state index contributed by atoms with van der Waals surface area (Å²) in [6.07, 6.45) is 2.07. The number of amides is 2. The van der Waals surface area contributed by atoms with Gasteiger partial charge in [-0.05, 0) is 24.1 Å². The molecule has 0 aliphatic carbocycles. The van der Waals surface area contributed by atoms with Crippen molar-refractivity contribution >= 4 is 12.0 Å². The second-order valence-corrected chi connectivity index (χ2v) is 4.71. The maximum absolute atomic E-state index is 11.7. The Morgan fingerprint density at radius 3 is 2.76 bits per heavy atom. The van der Waals surface area contributed by atoms with E-state index in [0.717, 1.165) is 18.4 Å². The molecule has 2 amide bonds. The van der Waals surface area contributed by atoms with Gasteiger partial charge in [0.25, 0.3) is 0 Å². The van der Waals surface area contributed by atoms with Crippen LogP contribution in [0.4, 0.5) is 4.79 Å². The number of carbonyl (C=O) groups is 2. The molecule has 0 saturated carbocycles. The van der Waals surface area contributed by atoms with E-state index in [1.54, 1.807) is 7.11 Å². The van der Waals surface area contributed by atoms with Gasteiger partial charge >= 0.3 is 12.0 Å². The molecule has 0 aliphatic rings. The van der Waals surface area contributed by atoms with Crippen molar-refractivity contribution in [3.8, 4) is 5.75 Å².